The lowest BCUT2D eigenvalue weighted by molar-refractivity contribution is 0.399. The lowest BCUT2D eigenvalue weighted by atomic mass is 10.1. The molecule has 2 aromatic heterocycles. The van der Waals surface area contributed by atoms with E-state index in [1.165, 1.54) is 0 Å². The monoisotopic (exact) mass is 201 g/mol. The quantitative estimate of drug-likeness (QED) is 0.803. The number of rotatable bonds is 2. The minimum Gasteiger partial charge on any atom is -0.481 e. The Morgan fingerprint density at radius 3 is 2.80 bits per heavy atom. The zero-order valence-corrected chi connectivity index (χ0v) is 8.34. The van der Waals surface area contributed by atoms with Crippen LogP contribution in [0.2, 0.25) is 0 Å². The first-order chi connectivity index (χ1) is 7.33. The van der Waals surface area contributed by atoms with Gasteiger partial charge in [-0.2, -0.15) is 0 Å². The molecule has 0 aliphatic carbocycles. The van der Waals surface area contributed by atoms with Crippen molar-refractivity contribution in [2.75, 3.05) is 12.8 Å². The van der Waals surface area contributed by atoms with Gasteiger partial charge in [-0.3, -0.25) is 4.98 Å². The van der Waals surface area contributed by atoms with Crippen LogP contribution in [0.5, 0.6) is 5.88 Å². The van der Waals surface area contributed by atoms with Crippen LogP contribution in [0.15, 0.2) is 36.8 Å². The number of pyridine rings is 2. The predicted molar refractivity (Wildman–Crippen MR) is 58.4 cm³/mol. The van der Waals surface area contributed by atoms with Crippen molar-refractivity contribution in [2.45, 2.75) is 0 Å². The fourth-order valence-electron chi connectivity index (χ4n) is 1.39. The number of ether oxygens (including phenoxy) is 1. The summed E-state index contributed by atoms with van der Waals surface area (Å²) in [6, 6.07) is 5.49. The maximum atomic E-state index is 5.85. The Labute approximate surface area is 87.7 Å². The van der Waals surface area contributed by atoms with E-state index in [0.29, 0.717) is 11.6 Å². The minimum atomic E-state index is 0.553. The highest BCUT2D eigenvalue weighted by atomic mass is 16.5. The summed E-state index contributed by atoms with van der Waals surface area (Å²) in [6.07, 6.45) is 5.03. The number of anilines is 1. The fraction of sp³-hybridized carbons (Fsp3) is 0.0909. The van der Waals surface area contributed by atoms with Crippen LogP contribution in [0.4, 0.5) is 5.69 Å². The minimum absolute atomic E-state index is 0.553. The van der Waals surface area contributed by atoms with Crippen molar-refractivity contribution in [2.24, 2.45) is 0 Å². The number of nitrogens with two attached hydrogens (primary N) is 1. The van der Waals surface area contributed by atoms with E-state index < -0.39 is 0 Å². The van der Waals surface area contributed by atoms with E-state index in [9.17, 15) is 0 Å². The topological polar surface area (TPSA) is 61.0 Å². The number of hydrogen-bond acceptors (Lipinski definition) is 4. The van der Waals surface area contributed by atoms with Crippen LogP contribution in [0.25, 0.3) is 11.1 Å². The van der Waals surface area contributed by atoms with Crippen LogP contribution in [0, 0.1) is 0 Å². The average Bonchev–Trinajstić information content (AvgIpc) is 2.30. The molecule has 0 aliphatic heterocycles. The first-order valence-electron chi connectivity index (χ1n) is 4.52. The molecule has 0 atom stereocenters. The van der Waals surface area contributed by atoms with Crippen molar-refractivity contribution < 1.29 is 4.74 Å². The van der Waals surface area contributed by atoms with Gasteiger partial charge in [0.1, 0.15) is 0 Å². The highest BCUT2D eigenvalue weighted by Crippen LogP contribution is 2.30. The molecule has 2 heterocycles. The first-order valence-corrected chi connectivity index (χ1v) is 4.52. The van der Waals surface area contributed by atoms with Crippen LogP contribution in [-0.2, 0) is 0 Å². The number of methoxy groups -OCH3 is 1. The highest BCUT2D eigenvalue weighted by Gasteiger charge is 2.08. The molecule has 0 aliphatic rings. The van der Waals surface area contributed by atoms with Gasteiger partial charge in [-0.1, -0.05) is 0 Å². The molecule has 0 aromatic carbocycles. The normalized spacial score (nSPS) is 9.93. The van der Waals surface area contributed by atoms with Gasteiger partial charge in [-0.05, 0) is 18.2 Å². The van der Waals surface area contributed by atoms with Crippen molar-refractivity contribution in [3.05, 3.63) is 36.8 Å². The molecule has 15 heavy (non-hydrogen) atoms. The van der Waals surface area contributed by atoms with Crippen molar-refractivity contribution in [3.63, 3.8) is 0 Å². The number of nitrogen functional groups attached to an aromatic ring is 1. The van der Waals surface area contributed by atoms with E-state index in [1.54, 1.807) is 31.8 Å². The molecule has 2 N–H and O–H groups in total. The standard InChI is InChI=1S/C11H11N3O/c1-15-11-8(3-2-5-14-11)9-7-13-6-4-10(9)12/h2-7H,1H3,(H2,12,13). The van der Waals surface area contributed by atoms with Crippen molar-refractivity contribution in [1.82, 2.24) is 9.97 Å². The summed E-state index contributed by atoms with van der Waals surface area (Å²) >= 11 is 0. The van der Waals surface area contributed by atoms with Gasteiger partial charge in [-0.25, -0.2) is 4.98 Å². The van der Waals surface area contributed by atoms with E-state index >= 15 is 0 Å². The van der Waals surface area contributed by atoms with Crippen LogP contribution in [0.1, 0.15) is 0 Å². The second-order valence-corrected chi connectivity index (χ2v) is 3.02. The predicted octanol–water partition coefficient (Wildman–Crippen LogP) is 1.73. The summed E-state index contributed by atoms with van der Waals surface area (Å²) < 4.78 is 5.16. The van der Waals surface area contributed by atoms with Crippen molar-refractivity contribution >= 4 is 5.69 Å². The summed E-state index contributed by atoms with van der Waals surface area (Å²) in [7, 11) is 1.58. The largest absolute Gasteiger partial charge is 0.481 e. The second-order valence-electron chi connectivity index (χ2n) is 3.02. The van der Waals surface area contributed by atoms with Gasteiger partial charge in [-0.15, -0.1) is 0 Å². The van der Waals surface area contributed by atoms with Crippen molar-refractivity contribution in [3.8, 4) is 17.0 Å². The van der Waals surface area contributed by atoms with Crippen LogP contribution >= 0.6 is 0 Å². The Morgan fingerprint density at radius 1 is 1.20 bits per heavy atom. The Balaban J connectivity index is 2.59. The maximum Gasteiger partial charge on any atom is 0.221 e. The summed E-state index contributed by atoms with van der Waals surface area (Å²) in [4.78, 5) is 8.14. The first kappa shape index (κ1) is 9.45. The summed E-state index contributed by atoms with van der Waals surface area (Å²) in [5, 5.41) is 0. The number of aromatic nitrogens is 2. The maximum absolute atomic E-state index is 5.85. The zero-order chi connectivity index (χ0) is 10.7. The third kappa shape index (κ3) is 1.74. The molecule has 4 heteroatoms. The Kier molecular flexibility index (Phi) is 2.49. The molecule has 0 unspecified atom stereocenters. The molecule has 2 rings (SSSR count). The SMILES string of the molecule is COc1ncccc1-c1cnccc1N. The van der Waals surface area contributed by atoms with Crippen LogP contribution in [0.3, 0.4) is 0 Å². The summed E-state index contributed by atoms with van der Waals surface area (Å²) in [6.45, 7) is 0. The van der Waals surface area contributed by atoms with Crippen LogP contribution in [-0.4, -0.2) is 17.1 Å². The van der Waals surface area contributed by atoms with E-state index in [1.807, 2.05) is 12.1 Å². The molecule has 0 bridgehead atoms. The zero-order valence-electron chi connectivity index (χ0n) is 8.34. The van der Waals surface area contributed by atoms with Gasteiger partial charge in [0.25, 0.3) is 0 Å². The lowest BCUT2D eigenvalue weighted by Gasteiger charge is -2.08. The van der Waals surface area contributed by atoms with Gasteiger partial charge in [0.15, 0.2) is 0 Å². The Bertz CT molecular complexity index is 471. The van der Waals surface area contributed by atoms with E-state index in [4.69, 9.17) is 10.5 Å². The lowest BCUT2D eigenvalue weighted by Crippen LogP contribution is -1.95. The molecule has 0 saturated heterocycles. The second kappa shape index (κ2) is 3.96. The summed E-state index contributed by atoms with van der Waals surface area (Å²) in [5.74, 6) is 0.553. The number of nitrogens with zero attached hydrogens (tertiary/aromatic N) is 2. The smallest absolute Gasteiger partial charge is 0.221 e. The molecule has 4 nitrogen and oxygen atoms in total. The molecule has 0 amide bonds. The molecular weight excluding hydrogens is 190 g/mol. The van der Waals surface area contributed by atoms with E-state index in [-0.39, 0.29) is 0 Å². The van der Waals surface area contributed by atoms with E-state index in [2.05, 4.69) is 9.97 Å². The fourth-order valence-corrected chi connectivity index (χ4v) is 1.39. The van der Waals surface area contributed by atoms with Gasteiger partial charge >= 0.3 is 0 Å². The Morgan fingerprint density at radius 2 is 2.07 bits per heavy atom. The third-order valence-corrected chi connectivity index (χ3v) is 2.11. The third-order valence-electron chi connectivity index (χ3n) is 2.11. The summed E-state index contributed by atoms with van der Waals surface area (Å²) in [5.41, 5.74) is 8.20. The van der Waals surface area contributed by atoms with Crippen LogP contribution < -0.4 is 10.5 Å². The molecule has 0 saturated carbocycles. The van der Waals surface area contributed by atoms with E-state index in [0.717, 1.165) is 11.1 Å². The molecule has 0 radical (unpaired) electrons. The molecule has 2 aromatic rings. The Hall–Kier alpha value is -2.10. The average molecular weight is 201 g/mol. The number of hydrogen-bond donors (Lipinski definition) is 1. The molecule has 76 valence electrons. The van der Waals surface area contributed by atoms with Crippen molar-refractivity contribution in [1.29, 1.82) is 0 Å². The molecule has 0 spiro atoms. The molecule has 0 fully saturated rings. The van der Waals surface area contributed by atoms with Gasteiger partial charge in [0, 0.05) is 35.4 Å². The van der Waals surface area contributed by atoms with Gasteiger partial charge < -0.3 is 10.5 Å². The van der Waals surface area contributed by atoms with Gasteiger partial charge in [0.05, 0.1) is 7.11 Å². The molecular formula is C11H11N3O. The van der Waals surface area contributed by atoms with Gasteiger partial charge in [0.2, 0.25) is 5.88 Å². The highest BCUT2D eigenvalue weighted by molar-refractivity contribution is 5.78.